The van der Waals surface area contributed by atoms with E-state index in [-0.39, 0.29) is 25.7 Å². The van der Waals surface area contributed by atoms with E-state index in [9.17, 15) is 33.9 Å². The molecule has 0 saturated carbocycles. The van der Waals surface area contributed by atoms with Gasteiger partial charge in [0.05, 0.1) is 6.04 Å². The molecule has 4 atom stereocenters. The lowest BCUT2D eigenvalue weighted by Gasteiger charge is -2.25. The number of thioether (sulfide) groups is 1. The fourth-order valence-electron chi connectivity index (χ4n) is 3.99. The molecule has 0 bridgehead atoms. The summed E-state index contributed by atoms with van der Waals surface area (Å²) in [5, 5.41) is 35.7. The lowest BCUT2D eigenvalue weighted by molar-refractivity contribution is -0.142. The van der Waals surface area contributed by atoms with Gasteiger partial charge in [-0.3, -0.25) is 24.0 Å². The van der Waals surface area contributed by atoms with Crippen molar-refractivity contribution in [1.29, 1.82) is 0 Å². The van der Waals surface area contributed by atoms with Gasteiger partial charge in [-0.15, -0.1) is 0 Å². The van der Waals surface area contributed by atoms with Crippen molar-refractivity contribution in [3.05, 3.63) is 36.0 Å². The second kappa shape index (κ2) is 16.2. The lowest BCUT2D eigenvalue weighted by Crippen LogP contribution is -2.57. The number of nitrogens with one attached hydrogen (secondary N) is 4. The second-order valence-corrected chi connectivity index (χ2v) is 10.3. The zero-order valence-corrected chi connectivity index (χ0v) is 23.2. The predicted molar refractivity (Wildman–Crippen MR) is 150 cm³/mol. The number of carbonyl (C=O) groups excluding carboxylic acids is 3. The third-order valence-electron chi connectivity index (χ3n) is 6.24. The monoisotopic (exact) mass is 593 g/mol. The molecule has 0 fully saturated rings. The van der Waals surface area contributed by atoms with Crippen LogP contribution in [0.4, 0.5) is 0 Å². The molecule has 2 aromatic rings. The van der Waals surface area contributed by atoms with E-state index in [1.165, 1.54) is 11.8 Å². The number of hydrogen-bond acceptors (Lipinski definition) is 8. The van der Waals surface area contributed by atoms with Crippen molar-refractivity contribution in [3.8, 4) is 0 Å². The van der Waals surface area contributed by atoms with Gasteiger partial charge in [0.2, 0.25) is 17.7 Å². The first-order valence-corrected chi connectivity index (χ1v) is 14.2. The number of benzene rings is 1. The predicted octanol–water partition coefficient (Wildman–Crippen LogP) is 0.0594. The summed E-state index contributed by atoms with van der Waals surface area (Å²) < 4.78 is 0. The highest BCUT2D eigenvalue weighted by atomic mass is 32.2. The Hall–Kier alpha value is -4.11. The molecule has 14 nitrogen and oxygen atoms in total. The largest absolute Gasteiger partial charge is 0.481 e. The van der Waals surface area contributed by atoms with Crippen molar-refractivity contribution in [2.45, 2.75) is 62.7 Å². The maximum atomic E-state index is 13.3. The molecule has 0 aliphatic carbocycles. The SMILES string of the molecule is CSCCC(NC(=O)C(Cc1c[nH]c2ccccc12)NC(=O)C(CCC(=O)O)NC(=O)C(N)CCC(=O)O)C(=O)O. The van der Waals surface area contributed by atoms with Crippen molar-refractivity contribution in [2.24, 2.45) is 5.73 Å². The Balaban J connectivity index is 2.30. The van der Waals surface area contributed by atoms with Gasteiger partial charge in [0, 0.05) is 36.4 Å². The highest BCUT2D eigenvalue weighted by Crippen LogP contribution is 2.19. The quantitative estimate of drug-likeness (QED) is 0.115. The van der Waals surface area contributed by atoms with E-state index in [4.69, 9.17) is 15.9 Å². The summed E-state index contributed by atoms with van der Waals surface area (Å²) in [5.41, 5.74) is 7.17. The number of rotatable bonds is 18. The fraction of sp³-hybridized carbons (Fsp3) is 0.462. The number of carboxylic acids is 3. The summed E-state index contributed by atoms with van der Waals surface area (Å²) in [5.74, 6) is -5.72. The van der Waals surface area contributed by atoms with Gasteiger partial charge in [-0.2, -0.15) is 11.8 Å². The maximum absolute atomic E-state index is 13.3. The van der Waals surface area contributed by atoms with Crippen LogP contribution in [-0.2, 0) is 35.2 Å². The van der Waals surface area contributed by atoms with Crippen LogP contribution in [0, 0.1) is 0 Å². The van der Waals surface area contributed by atoms with Crippen LogP contribution in [0.5, 0.6) is 0 Å². The summed E-state index contributed by atoms with van der Waals surface area (Å²) in [4.78, 5) is 76.0. The molecule has 4 unspecified atom stereocenters. The van der Waals surface area contributed by atoms with E-state index in [0.717, 1.165) is 10.9 Å². The van der Waals surface area contributed by atoms with Gasteiger partial charge in [-0.25, -0.2) is 4.79 Å². The number of carboxylic acid groups (broad SMARTS) is 3. The number of H-pyrrole nitrogens is 1. The van der Waals surface area contributed by atoms with E-state index >= 15 is 0 Å². The Labute approximate surface area is 239 Å². The van der Waals surface area contributed by atoms with Crippen LogP contribution in [0.1, 0.15) is 37.7 Å². The van der Waals surface area contributed by atoms with Crippen LogP contribution < -0.4 is 21.7 Å². The highest BCUT2D eigenvalue weighted by molar-refractivity contribution is 7.98. The van der Waals surface area contributed by atoms with Crippen LogP contribution in [-0.4, -0.2) is 92.1 Å². The second-order valence-electron chi connectivity index (χ2n) is 9.34. The van der Waals surface area contributed by atoms with Gasteiger partial charge < -0.3 is 42.0 Å². The molecule has 0 saturated heterocycles. The van der Waals surface area contributed by atoms with E-state index in [1.54, 1.807) is 18.5 Å². The van der Waals surface area contributed by atoms with E-state index in [1.807, 2.05) is 18.2 Å². The Morgan fingerprint density at radius 2 is 1.41 bits per heavy atom. The molecule has 224 valence electrons. The average molecular weight is 594 g/mol. The molecular formula is C26H35N5O9S. The first-order chi connectivity index (χ1) is 19.4. The molecule has 0 aliphatic heterocycles. The van der Waals surface area contributed by atoms with Crippen LogP contribution in [0.2, 0.25) is 0 Å². The average Bonchev–Trinajstić information content (AvgIpc) is 3.33. The highest BCUT2D eigenvalue weighted by Gasteiger charge is 2.31. The molecule has 1 heterocycles. The number of nitrogens with two attached hydrogens (primary N) is 1. The fourth-order valence-corrected chi connectivity index (χ4v) is 4.46. The maximum Gasteiger partial charge on any atom is 0.326 e. The number of carbonyl (C=O) groups is 6. The summed E-state index contributed by atoms with van der Waals surface area (Å²) in [6, 6.07) is 2.04. The van der Waals surface area contributed by atoms with Gasteiger partial charge >= 0.3 is 17.9 Å². The molecule has 15 heteroatoms. The number of amides is 3. The molecule has 0 spiro atoms. The van der Waals surface area contributed by atoms with Gasteiger partial charge in [0.15, 0.2) is 0 Å². The standard InChI is InChI=1S/C26H35N5O9S/c1-41-11-10-19(26(39)40)30-25(38)20(12-14-13-28-17-5-3-2-4-15(14)17)31-24(37)18(7-9-22(34)35)29-23(36)16(27)6-8-21(32)33/h2-5,13,16,18-20,28H,6-12,27H2,1H3,(H,29,36)(H,30,38)(H,31,37)(H,32,33)(H,34,35)(H,39,40). The van der Waals surface area contributed by atoms with Crippen molar-refractivity contribution < 1.29 is 44.1 Å². The minimum Gasteiger partial charge on any atom is -0.481 e. The third-order valence-corrected chi connectivity index (χ3v) is 6.89. The Morgan fingerprint density at radius 3 is 2.05 bits per heavy atom. The van der Waals surface area contributed by atoms with Crippen LogP contribution in [0.15, 0.2) is 30.5 Å². The van der Waals surface area contributed by atoms with Crippen LogP contribution in [0.3, 0.4) is 0 Å². The van der Waals surface area contributed by atoms with Crippen molar-refractivity contribution in [3.63, 3.8) is 0 Å². The topological polar surface area (TPSA) is 241 Å². The molecule has 1 aromatic heterocycles. The van der Waals surface area contributed by atoms with Gasteiger partial charge in [0.25, 0.3) is 0 Å². The molecule has 0 radical (unpaired) electrons. The van der Waals surface area contributed by atoms with Crippen molar-refractivity contribution in [1.82, 2.24) is 20.9 Å². The van der Waals surface area contributed by atoms with E-state index < -0.39 is 72.6 Å². The number of aromatic nitrogens is 1. The summed E-state index contributed by atoms with van der Waals surface area (Å²) in [6.45, 7) is 0. The molecule has 41 heavy (non-hydrogen) atoms. The minimum atomic E-state index is -1.42. The van der Waals surface area contributed by atoms with Crippen molar-refractivity contribution >= 4 is 58.3 Å². The number of hydrogen-bond donors (Lipinski definition) is 8. The molecule has 9 N–H and O–H groups in total. The van der Waals surface area contributed by atoms with E-state index in [0.29, 0.717) is 11.3 Å². The Bertz CT molecular complexity index is 1250. The van der Waals surface area contributed by atoms with Crippen LogP contribution >= 0.6 is 11.8 Å². The Morgan fingerprint density at radius 1 is 0.829 bits per heavy atom. The van der Waals surface area contributed by atoms with E-state index in [2.05, 4.69) is 20.9 Å². The normalized spacial score (nSPS) is 13.9. The minimum absolute atomic E-state index is 0.0474. The van der Waals surface area contributed by atoms with Crippen LogP contribution in [0.25, 0.3) is 10.9 Å². The Kier molecular flexibility index (Phi) is 13.1. The summed E-state index contributed by atoms with van der Waals surface area (Å²) >= 11 is 1.40. The van der Waals surface area contributed by atoms with Gasteiger partial charge in [0.1, 0.15) is 18.1 Å². The molecular weight excluding hydrogens is 558 g/mol. The summed E-state index contributed by atoms with van der Waals surface area (Å²) in [7, 11) is 0. The first kappa shape index (κ1) is 33.1. The molecule has 3 amide bonds. The number of para-hydroxylation sites is 1. The van der Waals surface area contributed by atoms with Crippen molar-refractivity contribution in [2.75, 3.05) is 12.0 Å². The van der Waals surface area contributed by atoms with Gasteiger partial charge in [-0.05, 0) is 42.9 Å². The lowest BCUT2D eigenvalue weighted by atomic mass is 10.0. The smallest absolute Gasteiger partial charge is 0.326 e. The molecule has 2 rings (SSSR count). The third kappa shape index (κ3) is 10.8. The van der Waals surface area contributed by atoms with Gasteiger partial charge in [-0.1, -0.05) is 18.2 Å². The first-order valence-electron chi connectivity index (χ1n) is 12.8. The number of aromatic amines is 1. The summed E-state index contributed by atoms with van der Waals surface area (Å²) in [6.07, 6.45) is 2.09. The zero-order valence-electron chi connectivity index (χ0n) is 22.4. The number of aliphatic carboxylic acids is 3. The molecule has 0 aliphatic rings. The molecule has 1 aromatic carbocycles. The number of fused-ring (bicyclic) bond motifs is 1. The zero-order chi connectivity index (χ0) is 30.5.